The number of amides is 1. The van der Waals surface area contributed by atoms with E-state index in [1.807, 2.05) is 42.5 Å². The Kier molecular flexibility index (Phi) is 4.38. The van der Waals surface area contributed by atoms with Gasteiger partial charge in [-0.05, 0) is 29.8 Å². The van der Waals surface area contributed by atoms with E-state index < -0.39 is 6.04 Å². The maximum Gasteiger partial charge on any atom is 0.262 e. The summed E-state index contributed by atoms with van der Waals surface area (Å²) in [6, 6.07) is 10.6. The third-order valence-electron chi connectivity index (χ3n) is 4.63. The molecule has 5 nitrogen and oxygen atoms in total. The fourth-order valence-corrected chi connectivity index (χ4v) is 3.85. The van der Waals surface area contributed by atoms with Gasteiger partial charge in [-0.2, -0.15) is 0 Å². The monoisotopic (exact) mass is 412 g/mol. The molecular weight excluding hydrogens is 396 g/mol. The van der Waals surface area contributed by atoms with Crippen LogP contribution in [0.2, 0.25) is 0 Å². The zero-order chi connectivity index (χ0) is 18.3. The molecule has 1 unspecified atom stereocenters. The molecule has 6 heteroatoms. The largest absolute Gasteiger partial charge is 0.383 e. The van der Waals surface area contributed by atoms with E-state index >= 15 is 0 Å². The average molecular weight is 413 g/mol. The van der Waals surface area contributed by atoms with E-state index in [1.54, 1.807) is 18.1 Å². The SMILES string of the molecule is COCCNc1ccc2c3c1C(=O)N(c1cccc(Br)c1)C(C=C2)C3=O. The number of hydrogen-bond donors (Lipinski definition) is 1. The van der Waals surface area contributed by atoms with Gasteiger partial charge >= 0.3 is 0 Å². The van der Waals surface area contributed by atoms with E-state index in [-0.39, 0.29) is 11.7 Å². The quantitative estimate of drug-likeness (QED) is 0.759. The Hall–Kier alpha value is -2.44. The smallest absolute Gasteiger partial charge is 0.262 e. The lowest BCUT2D eigenvalue weighted by molar-refractivity contribution is 0.0885. The Morgan fingerprint density at radius 1 is 1.19 bits per heavy atom. The number of methoxy groups -OCH3 is 1. The molecular formula is C20H17BrN2O3. The number of nitrogens with one attached hydrogen (secondary N) is 1. The lowest BCUT2D eigenvalue weighted by atomic mass is 9.83. The molecule has 0 fully saturated rings. The first-order valence-corrected chi connectivity index (χ1v) is 9.12. The number of anilines is 2. The first kappa shape index (κ1) is 17.0. The molecule has 2 aliphatic rings. The zero-order valence-corrected chi connectivity index (χ0v) is 15.7. The van der Waals surface area contributed by atoms with Gasteiger partial charge in [0.05, 0.1) is 12.2 Å². The molecule has 2 aromatic carbocycles. The van der Waals surface area contributed by atoms with Crippen LogP contribution in [0.25, 0.3) is 6.08 Å². The summed E-state index contributed by atoms with van der Waals surface area (Å²) in [5.74, 6) is -0.221. The van der Waals surface area contributed by atoms with Crippen molar-refractivity contribution in [3.8, 4) is 0 Å². The van der Waals surface area contributed by atoms with Gasteiger partial charge in [0.25, 0.3) is 5.91 Å². The number of carbonyl (C=O) groups is 2. The molecule has 1 heterocycles. The minimum absolute atomic E-state index is 0.0486. The van der Waals surface area contributed by atoms with E-state index in [4.69, 9.17) is 4.74 Å². The fourth-order valence-electron chi connectivity index (χ4n) is 3.46. The van der Waals surface area contributed by atoms with Crippen molar-refractivity contribution in [1.29, 1.82) is 0 Å². The summed E-state index contributed by atoms with van der Waals surface area (Å²) < 4.78 is 5.92. The van der Waals surface area contributed by atoms with Crippen molar-refractivity contribution < 1.29 is 14.3 Å². The van der Waals surface area contributed by atoms with Crippen molar-refractivity contribution >= 4 is 45.1 Å². The Labute approximate surface area is 159 Å². The highest BCUT2D eigenvalue weighted by Gasteiger charge is 2.42. The molecule has 1 aliphatic carbocycles. The first-order chi connectivity index (χ1) is 12.6. The van der Waals surface area contributed by atoms with Gasteiger partial charge < -0.3 is 10.1 Å². The number of Topliss-reactive ketones (excluding diaryl/α,β-unsaturated/α-hetero) is 1. The topological polar surface area (TPSA) is 58.6 Å². The van der Waals surface area contributed by atoms with E-state index in [2.05, 4.69) is 21.2 Å². The van der Waals surface area contributed by atoms with Crippen molar-refractivity contribution in [2.45, 2.75) is 6.04 Å². The number of hydrogen-bond acceptors (Lipinski definition) is 4. The second-order valence-corrected chi connectivity index (χ2v) is 7.11. The predicted molar refractivity (Wildman–Crippen MR) is 105 cm³/mol. The van der Waals surface area contributed by atoms with Crippen molar-refractivity contribution in [2.75, 3.05) is 30.5 Å². The number of carbonyl (C=O) groups excluding carboxylic acids is 2. The number of halogens is 1. The summed E-state index contributed by atoms with van der Waals surface area (Å²) in [5, 5.41) is 3.22. The van der Waals surface area contributed by atoms with Crippen LogP contribution >= 0.6 is 15.9 Å². The molecule has 1 atom stereocenters. The lowest BCUT2D eigenvalue weighted by Gasteiger charge is -2.37. The minimum Gasteiger partial charge on any atom is -0.383 e. The van der Waals surface area contributed by atoms with Crippen LogP contribution in [0.1, 0.15) is 26.3 Å². The lowest BCUT2D eigenvalue weighted by Crippen LogP contribution is -2.50. The first-order valence-electron chi connectivity index (χ1n) is 8.33. The Balaban J connectivity index is 1.85. The number of rotatable bonds is 5. The molecule has 0 saturated heterocycles. The maximum absolute atomic E-state index is 13.4. The van der Waals surface area contributed by atoms with E-state index in [0.717, 1.165) is 10.0 Å². The van der Waals surface area contributed by atoms with Crippen LogP contribution in [0.3, 0.4) is 0 Å². The predicted octanol–water partition coefficient (Wildman–Crippen LogP) is 3.75. The average Bonchev–Trinajstić information content (AvgIpc) is 2.63. The minimum atomic E-state index is -0.606. The summed E-state index contributed by atoms with van der Waals surface area (Å²) in [7, 11) is 1.62. The second kappa shape index (κ2) is 6.70. The molecule has 2 aromatic rings. The van der Waals surface area contributed by atoms with Crippen LogP contribution in [0.5, 0.6) is 0 Å². The third kappa shape index (κ3) is 2.66. The number of fused-ring (bicyclic) bond motifs is 1. The Bertz CT molecular complexity index is 939. The summed E-state index contributed by atoms with van der Waals surface area (Å²) in [6.07, 6.45) is 3.71. The third-order valence-corrected chi connectivity index (χ3v) is 5.12. The molecule has 1 aliphatic heterocycles. The second-order valence-electron chi connectivity index (χ2n) is 6.20. The number of nitrogens with zero attached hydrogens (tertiary/aromatic N) is 1. The molecule has 4 rings (SSSR count). The number of ether oxygens (including phenoxy) is 1. The Morgan fingerprint density at radius 2 is 2.04 bits per heavy atom. The summed E-state index contributed by atoms with van der Waals surface area (Å²) in [5.41, 5.74) is 3.09. The van der Waals surface area contributed by atoms with Gasteiger partial charge in [-0.3, -0.25) is 14.5 Å². The van der Waals surface area contributed by atoms with Gasteiger partial charge in [0.1, 0.15) is 6.04 Å². The fraction of sp³-hybridized carbons (Fsp3) is 0.200. The zero-order valence-electron chi connectivity index (χ0n) is 14.2. The van der Waals surface area contributed by atoms with E-state index in [0.29, 0.717) is 35.7 Å². The van der Waals surface area contributed by atoms with Gasteiger partial charge in [-0.25, -0.2) is 0 Å². The van der Waals surface area contributed by atoms with Crippen LogP contribution in [0.4, 0.5) is 11.4 Å². The van der Waals surface area contributed by atoms with Gasteiger partial charge in [0.15, 0.2) is 5.78 Å². The molecule has 0 radical (unpaired) electrons. The van der Waals surface area contributed by atoms with E-state index in [1.165, 1.54) is 0 Å². The highest BCUT2D eigenvalue weighted by molar-refractivity contribution is 9.10. The van der Waals surface area contributed by atoms with Gasteiger partial charge in [-0.1, -0.05) is 40.2 Å². The highest BCUT2D eigenvalue weighted by atomic mass is 79.9. The van der Waals surface area contributed by atoms with Crippen molar-refractivity contribution in [1.82, 2.24) is 0 Å². The normalized spacial score (nSPS) is 17.6. The van der Waals surface area contributed by atoms with Gasteiger partial charge in [0.2, 0.25) is 0 Å². The summed E-state index contributed by atoms with van der Waals surface area (Å²) in [6.45, 7) is 1.07. The highest BCUT2D eigenvalue weighted by Crippen LogP contribution is 2.38. The van der Waals surface area contributed by atoms with Crippen LogP contribution < -0.4 is 10.2 Å². The standard InChI is InChI=1S/C20H17BrN2O3/c1-26-10-9-22-15-7-5-12-6-8-16-19(24)17(12)18(15)20(25)23(16)14-4-2-3-13(21)11-14/h2-8,11,16,22H,9-10H2,1H3. The molecule has 1 amide bonds. The van der Waals surface area contributed by atoms with Crippen LogP contribution in [0.15, 0.2) is 46.9 Å². The van der Waals surface area contributed by atoms with Crippen LogP contribution in [0, 0.1) is 0 Å². The van der Waals surface area contributed by atoms with Crippen LogP contribution in [-0.4, -0.2) is 38.0 Å². The molecule has 26 heavy (non-hydrogen) atoms. The molecule has 132 valence electrons. The number of ketones is 1. The van der Waals surface area contributed by atoms with Crippen molar-refractivity contribution in [3.63, 3.8) is 0 Å². The summed E-state index contributed by atoms with van der Waals surface area (Å²) in [4.78, 5) is 28.0. The van der Waals surface area contributed by atoms with Gasteiger partial charge in [-0.15, -0.1) is 0 Å². The number of benzene rings is 2. The van der Waals surface area contributed by atoms with Crippen molar-refractivity contribution in [3.05, 3.63) is 63.6 Å². The molecule has 0 aromatic heterocycles. The van der Waals surface area contributed by atoms with Gasteiger partial charge in [0, 0.05) is 35.1 Å². The van der Waals surface area contributed by atoms with Crippen molar-refractivity contribution in [2.24, 2.45) is 0 Å². The Morgan fingerprint density at radius 3 is 2.81 bits per heavy atom. The summed E-state index contributed by atoms with van der Waals surface area (Å²) >= 11 is 3.44. The molecule has 1 N–H and O–H groups in total. The van der Waals surface area contributed by atoms with Crippen LogP contribution in [-0.2, 0) is 4.74 Å². The molecule has 2 bridgehead atoms. The molecule has 0 saturated carbocycles. The maximum atomic E-state index is 13.4. The van der Waals surface area contributed by atoms with E-state index in [9.17, 15) is 9.59 Å². The molecule has 0 spiro atoms.